The fourth-order valence-electron chi connectivity index (χ4n) is 2.88. The fourth-order valence-corrected chi connectivity index (χ4v) is 2.88. The van der Waals surface area contributed by atoms with Crippen LogP contribution in [0.15, 0.2) is 12.1 Å². The molecule has 0 spiro atoms. The number of ether oxygens (including phenoxy) is 1. The number of aromatic hydroxyl groups is 2. The first-order chi connectivity index (χ1) is 9.31. The monoisotopic (exact) mass is 279 g/mol. The number of hydrogen-bond acceptors (Lipinski definition) is 4. The van der Waals surface area contributed by atoms with Crippen LogP contribution in [-0.2, 0) is 11.2 Å². The summed E-state index contributed by atoms with van der Waals surface area (Å²) in [6.45, 7) is 7.24. The molecule has 0 saturated heterocycles. The highest BCUT2D eigenvalue weighted by atomic mass is 16.5. The third kappa shape index (κ3) is 3.25. The van der Waals surface area contributed by atoms with Gasteiger partial charge in [0.2, 0.25) is 0 Å². The average molecular weight is 279 g/mol. The highest BCUT2D eigenvalue weighted by Crippen LogP contribution is 2.41. The minimum atomic E-state index is -0.0809. The zero-order chi connectivity index (χ0) is 14.9. The van der Waals surface area contributed by atoms with Crippen molar-refractivity contribution in [2.45, 2.75) is 45.8 Å². The summed E-state index contributed by atoms with van der Waals surface area (Å²) in [6, 6.07) is 3.38. The summed E-state index contributed by atoms with van der Waals surface area (Å²) in [5, 5.41) is 22.9. The first-order valence-electron chi connectivity index (χ1n) is 7.15. The van der Waals surface area contributed by atoms with Gasteiger partial charge in [0.15, 0.2) is 11.5 Å². The van der Waals surface area contributed by atoms with Crippen molar-refractivity contribution < 1.29 is 14.9 Å². The molecule has 0 fully saturated rings. The van der Waals surface area contributed by atoms with E-state index in [9.17, 15) is 10.2 Å². The minimum absolute atomic E-state index is 0.00538. The van der Waals surface area contributed by atoms with Crippen LogP contribution < -0.4 is 5.32 Å². The Labute approximate surface area is 120 Å². The van der Waals surface area contributed by atoms with Crippen LogP contribution >= 0.6 is 0 Å². The van der Waals surface area contributed by atoms with E-state index in [4.69, 9.17) is 4.74 Å². The second kappa shape index (κ2) is 5.62. The topological polar surface area (TPSA) is 61.7 Å². The number of fused-ring (bicyclic) bond motifs is 1. The van der Waals surface area contributed by atoms with Crippen LogP contribution in [0, 0.1) is 5.41 Å². The Bertz CT molecular complexity index is 479. The smallest absolute Gasteiger partial charge is 0.161 e. The zero-order valence-electron chi connectivity index (χ0n) is 12.7. The van der Waals surface area contributed by atoms with Gasteiger partial charge in [-0.25, -0.2) is 0 Å². The van der Waals surface area contributed by atoms with Crippen LogP contribution in [0.1, 0.15) is 44.4 Å². The van der Waals surface area contributed by atoms with Gasteiger partial charge in [0.05, 0.1) is 12.2 Å². The summed E-state index contributed by atoms with van der Waals surface area (Å²) in [5.74, 6) is -0.0471. The summed E-state index contributed by atoms with van der Waals surface area (Å²) in [6.07, 6.45) is 1.55. The number of benzene rings is 1. The van der Waals surface area contributed by atoms with Crippen molar-refractivity contribution in [1.29, 1.82) is 0 Å². The molecule has 1 heterocycles. The van der Waals surface area contributed by atoms with Crippen molar-refractivity contribution in [3.63, 3.8) is 0 Å². The third-order valence-corrected chi connectivity index (χ3v) is 3.66. The van der Waals surface area contributed by atoms with Gasteiger partial charge in [-0.1, -0.05) is 26.8 Å². The molecule has 1 aliphatic heterocycles. The molecule has 2 atom stereocenters. The lowest BCUT2D eigenvalue weighted by molar-refractivity contribution is -0.0423. The van der Waals surface area contributed by atoms with Crippen LogP contribution in [0.4, 0.5) is 0 Å². The van der Waals surface area contributed by atoms with Crippen LogP contribution in [0.2, 0.25) is 0 Å². The molecule has 0 aliphatic carbocycles. The summed E-state index contributed by atoms with van der Waals surface area (Å²) < 4.78 is 6.17. The van der Waals surface area contributed by atoms with Crippen molar-refractivity contribution in [3.05, 3.63) is 23.3 Å². The molecule has 2 rings (SSSR count). The molecule has 3 N–H and O–H groups in total. The van der Waals surface area contributed by atoms with E-state index in [0.29, 0.717) is 13.0 Å². The summed E-state index contributed by atoms with van der Waals surface area (Å²) in [5.41, 5.74) is 1.96. The molecule has 1 aliphatic rings. The Morgan fingerprint density at radius 2 is 2.00 bits per heavy atom. The highest BCUT2D eigenvalue weighted by molar-refractivity contribution is 5.51. The van der Waals surface area contributed by atoms with Gasteiger partial charge < -0.3 is 20.3 Å². The number of phenolic OH excluding ortho intramolecular Hbond substituents is 2. The standard InChI is InChI=1S/C16H25NO3/c1-16(2,3)8-10-7-12-11(14(20-10)9-17-4)5-6-13(18)15(12)19/h5-6,10,14,17-19H,7-9H2,1-4H3. The molecule has 112 valence electrons. The lowest BCUT2D eigenvalue weighted by atomic mass is 9.84. The van der Waals surface area contributed by atoms with E-state index >= 15 is 0 Å². The highest BCUT2D eigenvalue weighted by Gasteiger charge is 2.32. The molecule has 1 aromatic rings. The molecule has 4 heteroatoms. The Kier molecular flexibility index (Phi) is 4.25. The van der Waals surface area contributed by atoms with Crippen LogP contribution in [0.3, 0.4) is 0 Å². The van der Waals surface area contributed by atoms with Crippen molar-refractivity contribution in [2.75, 3.05) is 13.6 Å². The van der Waals surface area contributed by atoms with Crippen molar-refractivity contribution in [1.82, 2.24) is 5.32 Å². The number of rotatable bonds is 3. The van der Waals surface area contributed by atoms with Gasteiger partial charge >= 0.3 is 0 Å². The molecule has 0 aromatic heterocycles. The van der Waals surface area contributed by atoms with Gasteiger partial charge in [-0.2, -0.15) is 0 Å². The zero-order valence-corrected chi connectivity index (χ0v) is 12.7. The first-order valence-corrected chi connectivity index (χ1v) is 7.15. The average Bonchev–Trinajstić information content (AvgIpc) is 2.33. The minimum Gasteiger partial charge on any atom is -0.504 e. The van der Waals surface area contributed by atoms with E-state index in [2.05, 4.69) is 26.1 Å². The molecular weight excluding hydrogens is 254 g/mol. The maximum absolute atomic E-state index is 10.1. The van der Waals surface area contributed by atoms with Crippen molar-refractivity contribution >= 4 is 0 Å². The fraction of sp³-hybridized carbons (Fsp3) is 0.625. The van der Waals surface area contributed by atoms with Gasteiger partial charge in [0.25, 0.3) is 0 Å². The van der Waals surface area contributed by atoms with Gasteiger partial charge in [-0.05, 0) is 30.5 Å². The second-order valence-corrected chi connectivity index (χ2v) is 6.77. The first kappa shape index (κ1) is 15.1. The third-order valence-electron chi connectivity index (χ3n) is 3.66. The van der Waals surface area contributed by atoms with E-state index < -0.39 is 0 Å². The lowest BCUT2D eigenvalue weighted by Crippen LogP contribution is -2.33. The van der Waals surface area contributed by atoms with Gasteiger partial charge in [-0.15, -0.1) is 0 Å². The van der Waals surface area contributed by atoms with Gasteiger partial charge in [0, 0.05) is 18.5 Å². The Balaban J connectivity index is 2.32. The van der Waals surface area contributed by atoms with E-state index in [1.807, 2.05) is 13.1 Å². The van der Waals surface area contributed by atoms with Crippen molar-refractivity contribution in [2.24, 2.45) is 5.41 Å². The SMILES string of the molecule is CNCC1OC(CC(C)(C)C)Cc2c1ccc(O)c2O. The van der Waals surface area contributed by atoms with Crippen LogP contribution in [0.5, 0.6) is 11.5 Å². The number of phenols is 2. The predicted octanol–water partition coefficient (Wildman–Crippen LogP) is 2.74. The van der Waals surface area contributed by atoms with Crippen LogP contribution in [-0.4, -0.2) is 29.9 Å². The quantitative estimate of drug-likeness (QED) is 0.745. The normalized spacial score (nSPS) is 22.6. The molecule has 0 amide bonds. The van der Waals surface area contributed by atoms with E-state index in [1.165, 1.54) is 6.07 Å². The molecule has 1 aromatic carbocycles. The molecule has 4 nitrogen and oxygen atoms in total. The predicted molar refractivity (Wildman–Crippen MR) is 79.1 cm³/mol. The van der Waals surface area contributed by atoms with E-state index in [1.54, 1.807) is 0 Å². The second-order valence-electron chi connectivity index (χ2n) is 6.77. The summed E-state index contributed by atoms with van der Waals surface area (Å²) in [4.78, 5) is 0. The maximum Gasteiger partial charge on any atom is 0.161 e. The largest absolute Gasteiger partial charge is 0.504 e. The van der Waals surface area contributed by atoms with Gasteiger partial charge in [0.1, 0.15) is 0 Å². The lowest BCUT2D eigenvalue weighted by Gasteiger charge is -2.35. The molecule has 0 radical (unpaired) electrons. The Morgan fingerprint density at radius 1 is 1.30 bits per heavy atom. The van der Waals surface area contributed by atoms with Crippen LogP contribution in [0.25, 0.3) is 0 Å². The Morgan fingerprint density at radius 3 is 2.60 bits per heavy atom. The Hall–Kier alpha value is -1.26. The molecule has 0 bridgehead atoms. The summed E-state index contributed by atoms with van der Waals surface area (Å²) >= 11 is 0. The van der Waals surface area contributed by atoms with Gasteiger partial charge in [-0.3, -0.25) is 0 Å². The van der Waals surface area contributed by atoms with E-state index in [0.717, 1.165) is 17.5 Å². The molecule has 20 heavy (non-hydrogen) atoms. The number of likely N-dealkylation sites (N-methyl/N-ethyl adjacent to an activating group) is 1. The summed E-state index contributed by atoms with van der Waals surface area (Å²) in [7, 11) is 1.89. The maximum atomic E-state index is 10.1. The molecular formula is C16H25NO3. The molecule has 0 saturated carbocycles. The molecule has 2 unspecified atom stereocenters. The number of nitrogens with one attached hydrogen (secondary N) is 1. The van der Waals surface area contributed by atoms with Crippen molar-refractivity contribution in [3.8, 4) is 11.5 Å². The number of hydrogen-bond donors (Lipinski definition) is 3. The van der Waals surface area contributed by atoms with E-state index in [-0.39, 0.29) is 29.1 Å².